The molecule has 0 aliphatic carbocycles. The molecule has 1 atom stereocenters. The van der Waals surface area contributed by atoms with Crippen molar-refractivity contribution in [1.82, 2.24) is 10.2 Å². The van der Waals surface area contributed by atoms with E-state index >= 15 is 0 Å². The number of ether oxygens (including phenoxy) is 1. The lowest BCUT2D eigenvalue weighted by atomic mass is 9.94. The van der Waals surface area contributed by atoms with Crippen LogP contribution in [0.5, 0.6) is 5.75 Å². The number of nitrogens with zero attached hydrogens (tertiary/aromatic N) is 1. The van der Waals surface area contributed by atoms with E-state index in [2.05, 4.69) is 12.2 Å². The molecule has 1 amide bonds. The summed E-state index contributed by atoms with van der Waals surface area (Å²) in [5.41, 5.74) is 1.03. The molecule has 4 heteroatoms. The lowest BCUT2D eigenvalue weighted by molar-refractivity contribution is -0.133. The van der Waals surface area contributed by atoms with E-state index in [1.807, 2.05) is 36.1 Å². The largest absolute Gasteiger partial charge is 0.497 e. The Balaban J connectivity index is 1.91. The number of carbonyl (C=O) groups is 1. The molecule has 122 valence electrons. The Hall–Kier alpha value is -1.55. The van der Waals surface area contributed by atoms with Gasteiger partial charge in [0.05, 0.1) is 13.0 Å². The molecule has 1 aromatic carbocycles. The van der Waals surface area contributed by atoms with Gasteiger partial charge in [0.15, 0.2) is 0 Å². The summed E-state index contributed by atoms with van der Waals surface area (Å²) in [5, 5.41) is 3.41. The number of carbonyl (C=O) groups excluding carboxylic acids is 1. The van der Waals surface area contributed by atoms with Gasteiger partial charge >= 0.3 is 0 Å². The maximum atomic E-state index is 12.7. The molecule has 1 aliphatic heterocycles. The van der Waals surface area contributed by atoms with Gasteiger partial charge in [-0.25, -0.2) is 0 Å². The number of methoxy groups -OCH3 is 1. The summed E-state index contributed by atoms with van der Waals surface area (Å²) in [6.45, 7) is 7.97. The number of benzene rings is 1. The van der Waals surface area contributed by atoms with Crippen LogP contribution >= 0.6 is 0 Å². The number of hydrogen-bond donors (Lipinski definition) is 1. The Bertz CT molecular complexity index is 482. The molecule has 1 fully saturated rings. The van der Waals surface area contributed by atoms with Crippen LogP contribution in [0.25, 0.3) is 0 Å². The summed E-state index contributed by atoms with van der Waals surface area (Å²) in [6, 6.07) is 7.82. The second-order valence-electron chi connectivity index (χ2n) is 6.07. The number of amides is 1. The Morgan fingerprint density at radius 2 is 2.14 bits per heavy atom. The molecule has 0 bridgehead atoms. The fourth-order valence-electron chi connectivity index (χ4n) is 3.03. The van der Waals surface area contributed by atoms with E-state index in [0.29, 0.717) is 5.92 Å². The molecule has 4 nitrogen and oxygen atoms in total. The van der Waals surface area contributed by atoms with Crippen LogP contribution in [0.15, 0.2) is 24.3 Å². The predicted octanol–water partition coefficient (Wildman–Crippen LogP) is 2.65. The van der Waals surface area contributed by atoms with Gasteiger partial charge in [0.2, 0.25) is 5.91 Å². The third-order valence-corrected chi connectivity index (χ3v) is 4.57. The lowest BCUT2D eigenvalue weighted by Crippen LogP contribution is -2.42. The summed E-state index contributed by atoms with van der Waals surface area (Å²) < 4.78 is 5.25. The summed E-state index contributed by atoms with van der Waals surface area (Å²) in [5.74, 6) is 1.63. The maximum absolute atomic E-state index is 12.7. The summed E-state index contributed by atoms with van der Waals surface area (Å²) >= 11 is 0. The van der Waals surface area contributed by atoms with Crippen LogP contribution in [0.1, 0.15) is 38.2 Å². The first-order valence-electron chi connectivity index (χ1n) is 8.29. The van der Waals surface area contributed by atoms with Crippen molar-refractivity contribution < 1.29 is 9.53 Å². The monoisotopic (exact) mass is 304 g/mol. The van der Waals surface area contributed by atoms with Gasteiger partial charge in [-0.05, 0) is 56.5 Å². The van der Waals surface area contributed by atoms with Gasteiger partial charge in [-0.15, -0.1) is 0 Å². The van der Waals surface area contributed by atoms with Crippen molar-refractivity contribution >= 4 is 5.91 Å². The van der Waals surface area contributed by atoms with Gasteiger partial charge < -0.3 is 15.0 Å². The highest BCUT2D eigenvalue weighted by atomic mass is 16.5. The first-order chi connectivity index (χ1) is 10.7. The molecule has 0 saturated carbocycles. The molecule has 1 N–H and O–H groups in total. The third-order valence-electron chi connectivity index (χ3n) is 4.57. The van der Waals surface area contributed by atoms with Crippen molar-refractivity contribution in [1.29, 1.82) is 0 Å². The highest BCUT2D eigenvalue weighted by molar-refractivity contribution is 5.83. The predicted molar refractivity (Wildman–Crippen MR) is 89.3 cm³/mol. The second kappa shape index (κ2) is 8.18. The molecular weight excluding hydrogens is 276 g/mol. The van der Waals surface area contributed by atoms with E-state index in [1.165, 1.54) is 0 Å². The zero-order valence-corrected chi connectivity index (χ0v) is 14.0. The molecule has 2 rings (SSSR count). The van der Waals surface area contributed by atoms with Crippen LogP contribution in [-0.4, -0.2) is 44.1 Å². The Morgan fingerprint density at radius 1 is 1.41 bits per heavy atom. The molecule has 22 heavy (non-hydrogen) atoms. The van der Waals surface area contributed by atoms with Crippen LogP contribution < -0.4 is 10.1 Å². The average molecular weight is 304 g/mol. The number of piperidine rings is 1. The van der Waals surface area contributed by atoms with Crippen LogP contribution in [-0.2, 0) is 4.79 Å². The summed E-state index contributed by atoms with van der Waals surface area (Å²) in [6.07, 6.45) is 2.20. The highest BCUT2D eigenvalue weighted by Crippen LogP contribution is 2.25. The van der Waals surface area contributed by atoms with Crippen LogP contribution in [0.2, 0.25) is 0 Å². The van der Waals surface area contributed by atoms with E-state index in [-0.39, 0.29) is 11.8 Å². The van der Waals surface area contributed by atoms with E-state index in [1.54, 1.807) is 7.11 Å². The van der Waals surface area contributed by atoms with Gasteiger partial charge in [-0.2, -0.15) is 0 Å². The molecule has 0 spiro atoms. The van der Waals surface area contributed by atoms with Gasteiger partial charge in [0, 0.05) is 13.1 Å². The van der Waals surface area contributed by atoms with Crippen molar-refractivity contribution in [2.45, 2.75) is 32.6 Å². The van der Waals surface area contributed by atoms with E-state index < -0.39 is 0 Å². The molecular formula is C18H28N2O2. The van der Waals surface area contributed by atoms with Crippen LogP contribution in [0.3, 0.4) is 0 Å². The van der Waals surface area contributed by atoms with Gasteiger partial charge in [0.25, 0.3) is 0 Å². The average Bonchev–Trinajstić information content (AvgIpc) is 2.59. The van der Waals surface area contributed by atoms with E-state index in [0.717, 1.165) is 50.3 Å². The SMILES string of the molecule is CCNCC1CCN(C(=O)C(C)c2cccc(OC)c2)CC1. The van der Waals surface area contributed by atoms with Crippen molar-refractivity contribution in [2.75, 3.05) is 33.3 Å². The summed E-state index contributed by atoms with van der Waals surface area (Å²) in [4.78, 5) is 14.7. The van der Waals surface area contributed by atoms with Crippen molar-refractivity contribution in [3.8, 4) is 5.75 Å². The Labute approximate surface area is 133 Å². The zero-order valence-electron chi connectivity index (χ0n) is 14.0. The topological polar surface area (TPSA) is 41.6 Å². The minimum Gasteiger partial charge on any atom is -0.497 e. The minimum absolute atomic E-state index is 0.111. The van der Waals surface area contributed by atoms with Gasteiger partial charge in [-0.1, -0.05) is 19.1 Å². The lowest BCUT2D eigenvalue weighted by Gasteiger charge is -2.33. The number of hydrogen-bond acceptors (Lipinski definition) is 3. The fourth-order valence-corrected chi connectivity index (χ4v) is 3.03. The number of nitrogens with one attached hydrogen (secondary N) is 1. The second-order valence-corrected chi connectivity index (χ2v) is 6.07. The first-order valence-corrected chi connectivity index (χ1v) is 8.29. The Kier molecular flexibility index (Phi) is 6.25. The molecule has 1 heterocycles. The number of likely N-dealkylation sites (tertiary alicyclic amines) is 1. The van der Waals surface area contributed by atoms with Crippen molar-refractivity contribution in [2.24, 2.45) is 5.92 Å². The molecule has 1 unspecified atom stereocenters. The highest BCUT2D eigenvalue weighted by Gasteiger charge is 2.26. The van der Waals surface area contributed by atoms with E-state index in [9.17, 15) is 4.79 Å². The number of rotatable bonds is 6. The summed E-state index contributed by atoms with van der Waals surface area (Å²) in [7, 11) is 1.65. The third kappa shape index (κ3) is 4.23. The van der Waals surface area contributed by atoms with Crippen LogP contribution in [0, 0.1) is 5.92 Å². The normalized spacial score (nSPS) is 17.3. The Morgan fingerprint density at radius 3 is 2.77 bits per heavy atom. The van der Waals surface area contributed by atoms with Gasteiger partial charge in [-0.3, -0.25) is 4.79 Å². The van der Waals surface area contributed by atoms with Gasteiger partial charge in [0.1, 0.15) is 5.75 Å². The molecule has 1 aliphatic rings. The van der Waals surface area contributed by atoms with Crippen molar-refractivity contribution in [3.63, 3.8) is 0 Å². The maximum Gasteiger partial charge on any atom is 0.229 e. The molecule has 0 radical (unpaired) electrons. The quantitative estimate of drug-likeness (QED) is 0.878. The minimum atomic E-state index is -0.111. The molecule has 0 aromatic heterocycles. The van der Waals surface area contributed by atoms with Crippen LogP contribution in [0.4, 0.5) is 0 Å². The van der Waals surface area contributed by atoms with E-state index in [4.69, 9.17) is 4.74 Å². The molecule has 1 aromatic rings. The van der Waals surface area contributed by atoms with Crippen molar-refractivity contribution in [3.05, 3.63) is 29.8 Å². The molecule has 1 saturated heterocycles. The zero-order chi connectivity index (χ0) is 15.9. The smallest absolute Gasteiger partial charge is 0.229 e. The first kappa shape index (κ1) is 16.8. The standard InChI is InChI=1S/C18H28N2O2/c1-4-19-13-15-8-10-20(11-9-15)18(21)14(2)16-6-5-7-17(12-16)22-3/h5-7,12,14-15,19H,4,8-11,13H2,1-3H3. The fraction of sp³-hybridized carbons (Fsp3) is 0.611.